The summed E-state index contributed by atoms with van der Waals surface area (Å²) in [4.78, 5) is 0.901. The summed E-state index contributed by atoms with van der Waals surface area (Å²) in [5.41, 5.74) is 5.80. The zero-order valence-corrected chi connectivity index (χ0v) is 9.51. The van der Waals surface area contributed by atoms with Gasteiger partial charge in [-0.2, -0.15) is 0 Å². The molecule has 0 aliphatic rings. The first-order valence-electron chi connectivity index (χ1n) is 4.19. The molecule has 0 radical (unpaired) electrons. The van der Waals surface area contributed by atoms with Gasteiger partial charge >= 0.3 is 0 Å². The van der Waals surface area contributed by atoms with E-state index in [0.717, 1.165) is 4.88 Å². The minimum absolute atomic E-state index is 0.142. The molecule has 1 unspecified atom stereocenters. The second kappa shape index (κ2) is 4.81. The highest BCUT2D eigenvalue weighted by Gasteiger charge is 2.10. The summed E-state index contributed by atoms with van der Waals surface area (Å²) < 4.78 is 25.4. The van der Waals surface area contributed by atoms with E-state index in [9.17, 15) is 8.42 Å². The molecule has 0 amide bonds. The van der Waals surface area contributed by atoms with Crippen molar-refractivity contribution in [3.63, 3.8) is 0 Å². The molecule has 1 atom stereocenters. The number of nitrogens with zero attached hydrogens (tertiary/aromatic N) is 2. The molecule has 1 heterocycles. The Morgan fingerprint density at radius 2 is 2.36 bits per heavy atom. The second-order valence-corrected chi connectivity index (χ2v) is 6.28. The van der Waals surface area contributed by atoms with Gasteiger partial charge in [0.15, 0.2) is 0 Å². The normalized spacial score (nSPS) is 14.1. The third-order valence-electron chi connectivity index (χ3n) is 1.77. The fraction of sp³-hybridized carbons (Fsp3) is 0.714. The number of hydrogen-bond acceptors (Lipinski definition) is 6. The monoisotopic (exact) mass is 235 g/mol. The number of nitrogens with two attached hydrogens (primary N) is 1. The van der Waals surface area contributed by atoms with Crippen LogP contribution >= 0.6 is 11.5 Å². The maximum atomic E-state index is 10.8. The van der Waals surface area contributed by atoms with E-state index in [1.165, 1.54) is 17.8 Å². The SMILES string of the molecule is CS(=O)(=O)CCCC(N)c1cnns1. The Labute approximate surface area is 87.4 Å². The zero-order valence-electron chi connectivity index (χ0n) is 7.88. The quantitative estimate of drug-likeness (QED) is 0.796. The van der Waals surface area contributed by atoms with Crippen LogP contribution in [0.25, 0.3) is 0 Å². The van der Waals surface area contributed by atoms with E-state index in [1.54, 1.807) is 6.20 Å². The standard InChI is InChI=1S/C7H13N3O2S2/c1-14(11,12)4-2-3-6(8)7-5-9-10-13-7/h5-6H,2-4,8H2,1H3. The van der Waals surface area contributed by atoms with Gasteiger partial charge < -0.3 is 5.73 Å². The summed E-state index contributed by atoms with van der Waals surface area (Å²) in [6.07, 6.45) is 4.08. The fourth-order valence-corrected chi connectivity index (χ4v) is 2.27. The third kappa shape index (κ3) is 4.12. The van der Waals surface area contributed by atoms with E-state index in [0.29, 0.717) is 12.8 Å². The van der Waals surface area contributed by atoms with Crippen LogP contribution < -0.4 is 5.73 Å². The Hall–Kier alpha value is -0.530. The summed E-state index contributed by atoms with van der Waals surface area (Å²) in [6, 6.07) is -0.142. The maximum absolute atomic E-state index is 10.8. The highest BCUT2D eigenvalue weighted by atomic mass is 32.2. The van der Waals surface area contributed by atoms with Gasteiger partial charge in [0.05, 0.1) is 11.1 Å². The highest BCUT2D eigenvalue weighted by Crippen LogP contribution is 2.17. The molecule has 80 valence electrons. The molecule has 0 saturated carbocycles. The molecule has 0 saturated heterocycles. The average Bonchev–Trinajstić information content (AvgIpc) is 2.53. The molecule has 14 heavy (non-hydrogen) atoms. The molecular weight excluding hydrogens is 222 g/mol. The van der Waals surface area contributed by atoms with Gasteiger partial charge in [-0.25, -0.2) is 8.42 Å². The van der Waals surface area contributed by atoms with Crippen molar-refractivity contribution < 1.29 is 8.42 Å². The number of hydrogen-bond donors (Lipinski definition) is 1. The van der Waals surface area contributed by atoms with Gasteiger partial charge in [-0.1, -0.05) is 4.49 Å². The number of sulfone groups is 1. The van der Waals surface area contributed by atoms with E-state index in [-0.39, 0.29) is 11.8 Å². The van der Waals surface area contributed by atoms with Crippen molar-refractivity contribution in [1.82, 2.24) is 9.59 Å². The first kappa shape index (κ1) is 11.5. The van der Waals surface area contributed by atoms with Gasteiger partial charge in [0.1, 0.15) is 9.84 Å². The minimum atomic E-state index is -2.87. The molecule has 0 spiro atoms. The molecule has 5 nitrogen and oxygen atoms in total. The van der Waals surface area contributed by atoms with E-state index in [1.807, 2.05) is 0 Å². The van der Waals surface area contributed by atoms with Crippen molar-refractivity contribution in [2.75, 3.05) is 12.0 Å². The van der Waals surface area contributed by atoms with Crippen LogP contribution in [-0.4, -0.2) is 30.0 Å². The predicted molar refractivity (Wildman–Crippen MR) is 55.8 cm³/mol. The van der Waals surface area contributed by atoms with Gasteiger partial charge in [0.2, 0.25) is 0 Å². The largest absolute Gasteiger partial charge is 0.323 e. The van der Waals surface area contributed by atoms with Crippen LogP contribution in [0.4, 0.5) is 0 Å². The van der Waals surface area contributed by atoms with Crippen LogP contribution in [0.15, 0.2) is 6.20 Å². The van der Waals surface area contributed by atoms with Crippen molar-refractivity contribution in [1.29, 1.82) is 0 Å². The molecule has 2 N–H and O–H groups in total. The Bertz CT molecular complexity index is 360. The maximum Gasteiger partial charge on any atom is 0.147 e. The van der Waals surface area contributed by atoms with Crippen molar-refractivity contribution in [2.45, 2.75) is 18.9 Å². The lowest BCUT2D eigenvalue weighted by Crippen LogP contribution is -2.11. The summed E-state index contributed by atoms with van der Waals surface area (Å²) in [5, 5.41) is 3.67. The van der Waals surface area contributed by atoms with Crippen LogP contribution in [0.5, 0.6) is 0 Å². The van der Waals surface area contributed by atoms with Gasteiger partial charge in [-0.15, -0.1) is 5.10 Å². The Balaban J connectivity index is 2.33. The highest BCUT2D eigenvalue weighted by molar-refractivity contribution is 7.90. The zero-order chi connectivity index (χ0) is 10.6. The molecule has 0 bridgehead atoms. The van der Waals surface area contributed by atoms with Crippen molar-refractivity contribution in [2.24, 2.45) is 5.73 Å². The van der Waals surface area contributed by atoms with Crippen LogP contribution in [0.1, 0.15) is 23.8 Å². The smallest absolute Gasteiger partial charge is 0.147 e. The molecule has 1 aromatic rings. The molecule has 0 aliphatic heterocycles. The third-order valence-corrected chi connectivity index (χ3v) is 3.60. The average molecular weight is 235 g/mol. The van der Waals surface area contributed by atoms with Crippen LogP contribution in [0, 0.1) is 0 Å². The van der Waals surface area contributed by atoms with E-state index < -0.39 is 9.84 Å². The van der Waals surface area contributed by atoms with E-state index in [4.69, 9.17) is 5.73 Å². The molecule has 7 heteroatoms. The number of aromatic nitrogens is 2. The first-order chi connectivity index (χ1) is 6.49. The van der Waals surface area contributed by atoms with E-state index in [2.05, 4.69) is 9.59 Å². The summed E-state index contributed by atoms with van der Waals surface area (Å²) >= 11 is 1.25. The first-order valence-corrected chi connectivity index (χ1v) is 7.03. The fourth-order valence-electron chi connectivity index (χ4n) is 1.05. The van der Waals surface area contributed by atoms with Crippen LogP contribution in [0.3, 0.4) is 0 Å². The van der Waals surface area contributed by atoms with Gasteiger partial charge in [0, 0.05) is 18.1 Å². The summed E-state index contributed by atoms with van der Waals surface area (Å²) in [7, 11) is -2.87. The number of rotatable bonds is 5. The predicted octanol–water partition coefficient (Wildman–Crippen LogP) is 0.363. The van der Waals surface area contributed by atoms with Gasteiger partial charge in [-0.3, -0.25) is 0 Å². The molecular formula is C7H13N3O2S2. The minimum Gasteiger partial charge on any atom is -0.323 e. The van der Waals surface area contributed by atoms with Crippen molar-refractivity contribution >= 4 is 21.4 Å². The van der Waals surface area contributed by atoms with Crippen molar-refractivity contribution in [3.8, 4) is 0 Å². The molecule has 1 rings (SSSR count). The summed E-state index contributed by atoms with van der Waals surface area (Å²) in [5.74, 6) is 0.187. The molecule has 1 aromatic heterocycles. The van der Waals surface area contributed by atoms with Gasteiger partial charge in [0.25, 0.3) is 0 Å². The second-order valence-electron chi connectivity index (χ2n) is 3.20. The Morgan fingerprint density at radius 3 is 2.86 bits per heavy atom. The Morgan fingerprint density at radius 1 is 1.64 bits per heavy atom. The molecule has 0 fully saturated rings. The van der Waals surface area contributed by atoms with Crippen molar-refractivity contribution in [3.05, 3.63) is 11.1 Å². The summed E-state index contributed by atoms with van der Waals surface area (Å²) in [6.45, 7) is 0. The van der Waals surface area contributed by atoms with E-state index >= 15 is 0 Å². The van der Waals surface area contributed by atoms with Crippen LogP contribution in [0.2, 0.25) is 0 Å². The Kier molecular flexibility index (Phi) is 3.97. The lowest BCUT2D eigenvalue weighted by Gasteiger charge is -2.06. The van der Waals surface area contributed by atoms with Crippen LogP contribution in [-0.2, 0) is 9.84 Å². The molecule has 0 aromatic carbocycles. The lowest BCUT2D eigenvalue weighted by atomic mass is 10.1. The van der Waals surface area contributed by atoms with Gasteiger partial charge in [-0.05, 0) is 24.4 Å². The molecule has 0 aliphatic carbocycles. The lowest BCUT2D eigenvalue weighted by molar-refractivity contribution is 0.589. The topological polar surface area (TPSA) is 85.9 Å².